The smallest absolute Gasteiger partial charge is 0.321 e. The third-order valence-electron chi connectivity index (χ3n) is 5.42. The van der Waals surface area contributed by atoms with Gasteiger partial charge in [-0.1, -0.05) is 47.6 Å². The van der Waals surface area contributed by atoms with Crippen LogP contribution in [0.15, 0.2) is 59.9 Å². The molecule has 0 bridgehead atoms. The van der Waals surface area contributed by atoms with Gasteiger partial charge in [-0.15, -0.1) is 0 Å². The van der Waals surface area contributed by atoms with Crippen LogP contribution in [0.3, 0.4) is 0 Å². The second-order valence-corrected chi connectivity index (χ2v) is 8.66. The Kier molecular flexibility index (Phi) is 6.72. The molecule has 0 unspecified atom stereocenters. The van der Waals surface area contributed by atoms with Gasteiger partial charge in [0.25, 0.3) is 5.91 Å². The van der Waals surface area contributed by atoms with Gasteiger partial charge in [-0.3, -0.25) is 9.36 Å². The number of amides is 3. The molecule has 2 aromatic carbocycles. The largest absolute Gasteiger partial charge is 0.334 e. The van der Waals surface area contributed by atoms with E-state index in [4.69, 9.17) is 11.6 Å². The zero-order valence-corrected chi connectivity index (χ0v) is 19.5. The van der Waals surface area contributed by atoms with Crippen molar-refractivity contribution in [3.05, 3.63) is 71.0 Å². The molecular weight excluding hydrogens is 446 g/mol. The monoisotopic (exact) mass is 469 g/mol. The van der Waals surface area contributed by atoms with Crippen LogP contribution in [0.25, 0.3) is 5.69 Å². The number of halogens is 1. The van der Waals surface area contributed by atoms with E-state index in [-0.39, 0.29) is 11.9 Å². The van der Waals surface area contributed by atoms with E-state index in [1.165, 1.54) is 11.8 Å². The van der Waals surface area contributed by atoms with Crippen LogP contribution in [0.2, 0.25) is 5.02 Å². The summed E-state index contributed by atoms with van der Waals surface area (Å²) < 4.78 is 1.88. The lowest BCUT2D eigenvalue weighted by Crippen LogP contribution is -2.51. The van der Waals surface area contributed by atoms with Crippen molar-refractivity contribution in [2.24, 2.45) is 0 Å². The number of hydrogen-bond donors (Lipinski definition) is 1. The van der Waals surface area contributed by atoms with Crippen molar-refractivity contribution >= 4 is 41.0 Å². The molecule has 1 N–H and O–H groups in total. The number of rotatable bonds is 4. The van der Waals surface area contributed by atoms with E-state index < -0.39 is 0 Å². The van der Waals surface area contributed by atoms with Gasteiger partial charge in [0.1, 0.15) is 5.69 Å². The van der Waals surface area contributed by atoms with Crippen molar-refractivity contribution in [2.75, 3.05) is 37.8 Å². The minimum Gasteiger partial charge on any atom is -0.334 e. The molecule has 0 atom stereocenters. The average molecular weight is 470 g/mol. The third kappa shape index (κ3) is 4.61. The van der Waals surface area contributed by atoms with Crippen molar-refractivity contribution < 1.29 is 9.59 Å². The number of para-hydroxylation sites is 1. The number of piperazine rings is 1. The van der Waals surface area contributed by atoms with Crippen LogP contribution >= 0.6 is 23.4 Å². The van der Waals surface area contributed by atoms with Crippen molar-refractivity contribution in [3.63, 3.8) is 0 Å². The first-order chi connectivity index (χ1) is 15.5. The van der Waals surface area contributed by atoms with Gasteiger partial charge in [-0.25, -0.2) is 9.78 Å². The van der Waals surface area contributed by atoms with Crippen molar-refractivity contribution in [3.8, 4) is 5.69 Å². The van der Waals surface area contributed by atoms with Gasteiger partial charge < -0.3 is 15.1 Å². The molecule has 0 radical (unpaired) electrons. The summed E-state index contributed by atoms with van der Waals surface area (Å²) in [5.41, 5.74) is 3.02. The molecule has 1 aliphatic heterocycles. The normalized spacial score (nSPS) is 13.8. The maximum atomic E-state index is 13.3. The number of thioether (sulfide) groups is 1. The van der Waals surface area contributed by atoms with Crippen LogP contribution in [-0.2, 0) is 0 Å². The van der Waals surface area contributed by atoms with Crippen LogP contribution in [0.1, 0.15) is 16.1 Å². The Morgan fingerprint density at radius 2 is 1.72 bits per heavy atom. The van der Waals surface area contributed by atoms with E-state index in [0.29, 0.717) is 42.6 Å². The zero-order valence-electron chi connectivity index (χ0n) is 17.9. The molecule has 0 saturated carbocycles. The minimum atomic E-state index is -0.198. The number of urea groups is 1. The Morgan fingerprint density at radius 1 is 1.03 bits per heavy atom. The summed E-state index contributed by atoms with van der Waals surface area (Å²) in [4.78, 5) is 33.8. The number of benzene rings is 2. The fraction of sp³-hybridized carbons (Fsp3) is 0.261. The van der Waals surface area contributed by atoms with Crippen molar-refractivity contribution in [2.45, 2.75) is 12.1 Å². The summed E-state index contributed by atoms with van der Waals surface area (Å²) >= 11 is 7.64. The molecule has 1 fully saturated rings. The molecule has 32 heavy (non-hydrogen) atoms. The molecule has 2 heterocycles. The number of imidazole rings is 1. The van der Waals surface area contributed by atoms with Crippen LogP contribution in [-0.4, -0.2) is 63.7 Å². The second-order valence-electron chi connectivity index (χ2n) is 7.47. The standard InChI is InChI=1S/C23H24ClN5O2S/c1-16-8-9-17(14-19(16)24)26-22(31)28-12-10-27(11-13-28)21(30)20-15-25-23(32-2)29(20)18-6-4-3-5-7-18/h3-9,14-15H,10-13H2,1-2H3,(H,26,31). The Balaban J connectivity index is 1.42. The Hall–Kier alpha value is -2.97. The number of carbonyl (C=O) groups is 2. The highest BCUT2D eigenvalue weighted by atomic mass is 35.5. The summed E-state index contributed by atoms with van der Waals surface area (Å²) in [5.74, 6) is -0.0907. The van der Waals surface area contributed by atoms with E-state index in [1.54, 1.807) is 22.1 Å². The van der Waals surface area contributed by atoms with Gasteiger partial charge in [-0.2, -0.15) is 0 Å². The quantitative estimate of drug-likeness (QED) is 0.569. The topological polar surface area (TPSA) is 70.5 Å². The maximum absolute atomic E-state index is 13.3. The Bertz CT molecular complexity index is 1130. The summed E-state index contributed by atoms with van der Waals surface area (Å²) in [6, 6.07) is 15.0. The third-order valence-corrected chi connectivity index (χ3v) is 6.48. The maximum Gasteiger partial charge on any atom is 0.321 e. The number of aryl methyl sites for hydroxylation is 1. The molecular formula is C23H24ClN5O2S. The van der Waals surface area contributed by atoms with Gasteiger partial charge in [0.05, 0.1) is 6.20 Å². The molecule has 3 amide bonds. The van der Waals surface area contributed by atoms with E-state index in [9.17, 15) is 9.59 Å². The van der Waals surface area contributed by atoms with E-state index in [2.05, 4.69) is 10.3 Å². The molecule has 1 aromatic heterocycles. The second kappa shape index (κ2) is 9.67. The predicted molar refractivity (Wildman–Crippen MR) is 128 cm³/mol. The first-order valence-electron chi connectivity index (χ1n) is 10.3. The molecule has 1 aliphatic rings. The van der Waals surface area contributed by atoms with Crippen LogP contribution < -0.4 is 5.32 Å². The lowest BCUT2D eigenvalue weighted by Gasteiger charge is -2.34. The fourth-order valence-corrected chi connectivity index (χ4v) is 4.33. The van der Waals surface area contributed by atoms with E-state index in [0.717, 1.165) is 16.4 Å². The molecule has 0 spiro atoms. The SMILES string of the molecule is CSc1ncc(C(=O)N2CCN(C(=O)Nc3ccc(C)c(Cl)c3)CC2)n1-c1ccccc1. The first-order valence-corrected chi connectivity index (χ1v) is 11.9. The van der Waals surface area contributed by atoms with Gasteiger partial charge in [-0.05, 0) is 43.0 Å². The number of aromatic nitrogens is 2. The molecule has 3 aromatic rings. The molecule has 166 valence electrons. The van der Waals surface area contributed by atoms with Gasteiger partial charge in [0.2, 0.25) is 0 Å². The van der Waals surface area contributed by atoms with E-state index >= 15 is 0 Å². The number of nitrogens with one attached hydrogen (secondary N) is 1. The molecule has 9 heteroatoms. The fourth-order valence-electron chi connectivity index (χ4n) is 3.60. The number of nitrogens with zero attached hydrogens (tertiary/aromatic N) is 4. The summed E-state index contributed by atoms with van der Waals surface area (Å²) in [6.45, 7) is 3.72. The lowest BCUT2D eigenvalue weighted by molar-refractivity contribution is 0.0663. The number of hydrogen-bond acceptors (Lipinski definition) is 4. The molecule has 0 aliphatic carbocycles. The van der Waals surface area contributed by atoms with Gasteiger partial charge >= 0.3 is 6.03 Å². The molecule has 1 saturated heterocycles. The minimum absolute atomic E-state index is 0.0907. The number of carbonyl (C=O) groups excluding carboxylic acids is 2. The lowest BCUT2D eigenvalue weighted by atomic mass is 10.2. The first kappa shape index (κ1) is 22.2. The zero-order chi connectivity index (χ0) is 22.7. The Morgan fingerprint density at radius 3 is 2.38 bits per heavy atom. The van der Waals surface area contributed by atoms with E-state index in [1.807, 2.05) is 60.2 Å². The van der Waals surface area contributed by atoms with Gasteiger partial charge in [0, 0.05) is 42.6 Å². The Labute approximate surface area is 196 Å². The van der Waals surface area contributed by atoms with Crippen LogP contribution in [0.4, 0.5) is 10.5 Å². The van der Waals surface area contributed by atoms with Gasteiger partial charge in [0.15, 0.2) is 5.16 Å². The molecule has 4 rings (SSSR count). The summed E-state index contributed by atoms with van der Waals surface area (Å²) in [5, 5.41) is 4.25. The van der Waals surface area contributed by atoms with Crippen LogP contribution in [0.5, 0.6) is 0 Å². The average Bonchev–Trinajstić information content (AvgIpc) is 3.26. The highest BCUT2D eigenvalue weighted by molar-refractivity contribution is 7.98. The van der Waals surface area contributed by atoms with Crippen LogP contribution in [0, 0.1) is 6.92 Å². The highest BCUT2D eigenvalue weighted by Gasteiger charge is 2.28. The van der Waals surface area contributed by atoms with Crippen molar-refractivity contribution in [1.82, 2.24) is 19.4 Å². The summed E-state index contributed by atoms with van der Waals surface area (Å²) in [7, 11) is 0. The molecule has 7 nitrogen and oxygen atoms in total. The number of anilines is 1. The highest BCUT2D eigenvalue weighted by Crippen LogP contribution is 2.23. The van der Waals surface area contributed by atoms with Crippen molar-refractivity contribution in [1.29, 1.82) is 0 Å². The summed E-state index contributed by atoms with van der Waals surface area (Å²) in [6.07, 6.45) is 3.57. The predicted octanol–water partition coefficient (Wildman–Crippen LogP) is 4.55.